The molecule has 0 saturated heterocycles. The lowest BCUT2D eigenvalue weighted by molar-refractivity contribution is 0.217. The number of pyridine rings is 1. The molecule has 0 aromatic carbocycles. The fraction of sp³-hybridized carbons (Fsp3) is 0.500. The number of aromatic nitrogens is 1. The van der Waals surface area contributed by atoms with Crippen LogP contribution < -0.4 is 9.47 Å². The van der Waals surface area contributed by atoms with E-state index in [0.717, 1.165) is 12.8 Å². The third kappa shape index (κ3) is 2.63. The van der Waals surface area contributed by atoms with Gasteiger partial charge in [0.25, 0.3) is 0 Å². The van der Waals surface area contributed by atoms with Crippen molar-refractivity contribution in [3.63, 3.8) is 0 Å². The topological polar surface area (TPSA) is 55.1 Å². The molecule has 1 saturated carbocycles. The molecule has 0 amide bonds. The molecule has 1 heterocycles. The first-order valence-electron chi connectivity index (χ1n) is 5.42. The lowest BCUT2D eigenvalue weighted by Crippen LogP contribution is -2.08. The number of rotatable bonds is 4. The van der Waals surface area contributed by atoms with Gasteiger partial charge in [0.2, 0.25) is 0 Å². The standard InChI is InChI=1S/C12H14N2O2/c1-8(2)15-11-5-9(6-13)14-7-12(11)16-10-3-4-10/h5,7-8,10H,3-4H2,1-2H3. The van der Waals surface area contributed by atoms with E-state index in [1.165, 1.54) is 0 Å². The summed E-state index contributed by atoms with van der Waals surface area (Å²) in [6.45, 7) is 3.88. The molecule has 16 heavy (non-hydrogen) atoms. The Morgan fingerprint density at radius 3 is 2.75 bits per heavy atom. The predicted molar refractivity (Wildman–Crippen MR) is 58.4 cm³/mol. The van der Waals surface area contributed by atoms with Gasteiger partial charge in [0, 0.05) is 6.07 Å². The van der Waals surface area contributed by atoms with Gasteiger partial charge in [0.05, 0.1) is 18.4 Å². The van der Waals surface area contributed by atoms with Crippen LogP contribution in [0.2, 0.25) is 0 Å². The van der Waals surface area contributed by atoms with E-state index in [4.69, 9.17) is 14.7 Å². The molecule has 0 N–H and O–H groups in total. The third-order valence-corrected chi connectivity index (χ3v) is 2.13. The largest absolute Gasteiger partial charge is 0.487 e. The molecule has 4 nitrogen and oxygen atoms in total. The molecular formula is C12H14N2O2. The molecule has 1 aromatic rings. The van der Waals surface area contributed by atoms with Crippen LogP contribution in [0.25, 0.3) is 0 Å². The minimum Gasteiger partial charge on any atom is -0.487 e. The molecule has 0 aliphatic heterocycles. The van der Waals surface area contributed by atoms with Gasteiger partial charge in [-0.05, 0) is 26.7 Å². The van der Waals surface area contributed by atoms with Gasteiger partial charge in [-0.1, -0.05) is 0 Å². The van der Waals surface area contributed by atoms with E-state index < -0.39 is 0 Å². The van der Waals surface area contributed by atoms with Crippen molar-refractivity contribution < 1.29 is 9.47 Å². The van der Waals surface area contributed by atoms with E-state index in [-0.39, 0.29) is 6.10 Å². The van der Waals surface area contributed by atoms with Crippen LogP contribution in [0.3, 0.4) is 0 Å². The van der Waals surface area contributed by atoms with Gasteiger partial charge >= 0.3 is 0 Å². The van der Waals surface area contributed by atoms with Crippen LogP contribution in [0.5, 0.6) is 11.5 Å². The number of hydrogen-bond donors (Lipinski definition) is 0. The van der Waals surface area contributed by atoms with Crippen LogP contribution in [-0.4, -0.2) is 17.2 Å². The van der Waals surface area contributed by atoms with Crippen molar-refractivity contribution in [2.75, 3.05) is 0 Å². The van der Waals surface area contributed by atoms with E-state index >= 15 is 0 Å². The smallest absolute Gasteiger partial charge is 0.179 e. The second kappa shape index (κ2) is 4.40. The van der Waals surface area contributed by atoms with Crippen LogP contribution in [0.1, 0.15) is 32.4 Å². The SMILES string of the molecule is CC(C)Oc1cc(C#N)ncc1OC1CC1. The van der Waals surface area contributed by atoms with Gasteiger partial charge in [0.15, 0.2) is 11.5 Å². The van der Waals surface area contributed by atoms with Crippen molar-refractivity contribution in [2.24, 2.45) is 0 Å². The maximum Gasteiger partial charge on any atom is 0.179 e. The zero-order valence-corrected chi connectivity index (χ0v) is 9.43. The Morgan fingerprint density at radius 1 is 1.44 bits per heavy atom. The van der Waals surface area contributed by atoms with E-state index in [9.17, 15) is 0 Å². The highest BCUT2D eigenvalue weighted by molar-refractivity contribution is 5.42. The maximum absolute atomic E-state index is 8.77. The minimum atomic E-state index is 0.0514. The van der Waals surface area contributed by atoms with Crippen molar-refractivity contribution in [1.29, 1.82) is 5.26 Å². The molecule has 0 atom stereocenters. The summed E-state index contributed by atoms with van der Waals surface area (Å²) < 4.78 is 11.3. The van der Waals surface area contributed by atoms with E-state index in [1.54, 1.807) is 12.3 Å². The molecule has 0 radical (unpaired) electrons. The zero-order valence-electron chi connectivity index (χ0n) is 9.43. The molecule has 84 valence electrons. The van der Waals surface area contributed by atoms with E-state index in [2.05, 4.69) is 4.98 Å². The Balaban J connectivity index is 2.23. The highest BCUT2D eigenvalue weighted by Gasteiger charge is 2.25. The van der Waals surface area contributed by atoms with Gasteiger partial charge in [0.1, 0.15) is 11.8 Å². The van der Waals surface area contributed by atoms with Crippen molar-refractivity contribution in [3.05, 3.63) is 18.0 Å². The second-order valence-corrected chi connectivity index (χ2v) is 4.11. The summed E-state index contributed by atoms with van der Waals surface area (Å²) >= 11 is 0. The van der Waals surface area contributed by atoms with Gasteiger partial charge in [-0.25, -0.2) is 4.98 Å². The Bertz CT molecular complexity index is 420. The molecule has 0 spiro atoms. The first-order chi connectivity index (χ1) is 7.69. The molecule has 2 rings (SSSR count). The first kappa shape index (κ1) is 10.7. The van der Waals surface area contributed by atoms with Gasteiger partial charge < -0.3 is 9.47 Å². The highest BCUT2D eigenvalue weighted by Crippen LogP contribution is 2.33. The van der Waals surface area contributed by atoms with Gasteiger partial charge in [-0.2, -0.15) is 5.26 Å². The van der Waals surface area contributed by atoms with Gasteiger partial charge in [-0.15, -0.1) is 0 Å². The Labute approximate surface area is 94.8 Å². The summed E-state index contributed by atoms with van der Waals surface area (Å²) in [6, 6.07) is 3.61. The lowest BCUT2D eigenvalue weighted by atomic mass is 10.3. The van der Waals surface area contributed by atoms with E-state index in [0.29, 0.717) is 23.3 Å². The van der Waals surface area contributed by atoms with Gasteiger partial charge in [-0.3, -0.25) is 0 Å². The van der Waals surface area contributed by atoms with Crippen molar-refractivity contribution in [2.45, 2.75) is 38.9 Å². The third-order valence-electron chi connectivity index (χ3n) is 2.13. The molecule has 1 aromatic heterocycles. The average Bonchev–Trinajstić information content (AvgIpc) is 3.03. The fourth-order valence-corrected chi connectivity index (χ4v) is 1.29. The summed E-state index contributed by atoms with van der Waals surface area (Å²) in [5.74, 6) is 1.24. The lowest BCUT2D eigenvalue weighted by Gasteiger charge is -2.14. The summed E-state index contributed by atoms with van der Waals surface area (Å²) in [5.41, 5.74) is 0.346. The van der Waals surface area contributed by atoms with Crippen molar-refractivity contribution in [1.82, 2.24) is 4.98 Å². The maximum atomic E-state index is 8.77. The Kier molecular flexibility index (Phi) is 2.95. The Morgan fingerprint density at radius 2 is 2.19 bits per heavy atom. The summed E-state index contributed by atoms with van der Waals surface area (Å²) in [4.78, 5) is 3.98. The highest BCUT2D eigenvalue weighted by atomic mass is 16.5. The van der Waals surface area contributed by atoms with Crippen LogP contribution in [0, 0.1) is 11.3 Å². The quantitative estimate of drug-likeness (QED) is 0.778. The van der Waals surface area contributed by atoms with Crippen molar-refractivity contribution >= 4 is 0 Å². The van der Waals surface area contributed by atoms with Crippen LogP contribution in [0.4, 0.5) is 0 Å². The summed E-state index contributed by atoms with van der Waals surface area (Å²) in [6.07, 6.45) is 4.08. The monoisotopic (exact) mass is 218 g/mol. The number of nitrogens with zero attached hydrogens (tertiary/aromatic N) is 2. The minimum absolute atomic E-state index is 0.0514. The number of ether oxygens (including phenoxy) is 2. The molecule has 0 bridgehead atoms. The summed E-state index contributed by atoms with van der Waals surface area (Å²) in [5, 5.41) is 8.77. The zero-order chi connectivity index (χ0) is 11.5. The normalized spacial score (nSPS) is 14.6. The Hall–Kier alpha value is -1.76. The predicted octanol–water partition coefficient (Wildman–Crippen LogP) is 2.28. The number of nitriles is 1. The van der Waals surface area contributed by atoms with Crippen LogP contribution in [-0.2, 0) is 0 Å². The number of hydrogen-bond acceptors (Lipinski definition) is 4. The first-order valence-corrected chi connectivity index (χ1v) is 5.42. The average molecular weight is 218 g/mol. The molecular weight excluding hydrogens is 204 g/mol. The molecule has 1 fully saturated rings. The molecule has 0 unspecified atom stereocenters. The van der Waals surface area contributed by atoms with E-state index in [1.807, 2.05) is 19.9 Å². The van der Waals surface area contributed by atoms with Crippen molar-refractivity contribution in [3.8, 4) is 17.6 Å². The molecule has 4 heteroatoms. The van der Waals surface area contributed by atoms with Crippen LogP contribution >= 0.6 is 0 Å². The fourth-order valence-electron chi connectivity index (χ4n) is 1.29. The second-order valence-electron chi connectivity index (χ2n) is 4.11. The molecule has 1 aliphatic rings. The van der Waals surface area contributed by atoms with Crippen LogP contribution in [0.15, 0.2) is 12.3 Å². The summed E-state index contributed by atoms with van der Waals surface area (Å²) in [7, 11) is 0. The molecule has 1 aliphatic carbocycles.